The summed E-state index contributed by atoms with van der Waals surface area (Å²) in [7, 11) is 0. The van der Waals surface area contributed by atoms with Crippen molar-refractivity contribution in [2.24, 2.45) is 0 Å². The maximum atomic E-state index is 15.1. The van der Waals surface area contributed by atoms with Crippen molar-refractivity contribution >= 4 is 34.9 Å². The van der Waals surface area contributed by atoms with Crippen molar-refractivity contribution in [2.75, 3.05) is 60.2 Å². The van der Waals surface area contributed by atoms with E-state index >= 15 is 8.78 Å². The molecule has 0 aliphatic carbocycles. The summed E-state index contributed by atoms with van der Waals surface area (Å²) in [4.78, 5) is 35.8. The van der Waals surface area contributed by atoms with Crippen LogP contribution in [0.15, 0.2) is 41.2 Å². The average molecular weight is 503 g/mol. The molecule has 36 heavy (non-hydrogen) atoms. The highest BCUT2D eigenvalue weighted by molar-refractivity contribution is 5.93. The van der Waals surface area contributed by atoms with Crippen LogP contribution in [0.2, 0.25) is 0 Å². The van der Waals surface area contributed by atoms with Crippen LogP contribution in [0, 0.1) is 11.6 Å². The van der Waals surface area contributed by atoms with Crippen molar-refractivity contribution in [2.45, 2.75) is 6.10 Å². The zero-order chi connectivity index (χ0) is 25.2. The average Bonchev–Trinajstić information content (AvgIpc) is 3.56. The minimum absolute atomic E-state index is 0.0290. The fraction of sp³-hybridized carbons (Fsp3) is 0.318. The molecule has 0 saturated carbocycles. The lowest BCUT2D eigenvalue weighted by molar-refractivity contribution is -0.112. The van der Waals surface area contributed by atoms with E-state index in [0.717, 1.165) is 17.2 Å². The lowest BCUT2D eigenvalue weighted by Gasteiger charge is -2.24. The van der Waals surface area contributed by atoms with Crippen LogP contribution in [-0.2, 0) is 9.57 Å². The summed E-state index contributed by atoms with van der Waals surface area (Å²) in [5, 5.41) is 7.79. The van der Waals surface area contributed by atoms with Gasteiger partial charge in [0.15, 0.2) is 17.5 Å². The molecule has 2 aliphatic heterocycles. The summed E-state index contributed by atoms with van der Waals surface area (Å²) in [6.07, 6.45) is 1.61. The molecule has 12 nitrogen and oxygen atoms in total. The Labute approximate surface area is 203 Å². The lowest BCUT2D eigenvalue weighted by Crippen LogP contribution is -2.35. The summed E-state index contributed by atoms with van der Waals surface area (Å²) >= 11 is 0. The number of hydrogen-bond acceptors (Lipinski definition) is 9. The second-order valence-corrected chi connectivity index (χ2v) is 8.21. The Morgan fingerprint density at radius 1 is 1.22 bits per heavy atom. The van der Waals surface area contributed by atoms with Gasteiger partial charge < -0.3 is 30.2 Å². The molecule has 0 radical (unpaired) electrons. The van der Waals surface area contributed by atoms with E-state index in [0.29, 0.717) is 11.5 Å². The molecule has 4 heterocycles. The molecule has 1 atom stereocenters. The number of aromatic nitrogens is 2. The van der Waals surface area contributed by atoms with Crippen LogP contribution >= 0.6 is 0 Å². The third-order valence-corrected chi connectivity index (χ3v) is 5.80. The number of carbonyl (C=O) groups is 2. The van der Waals surface area contributed by atoms with Crippen molar-refractivity contribution in [3.8, 4) is 0 Å². The van der Waals surface area contributed by atoms with Crippen LogP contribution in [0.4, 0.5) is 36.5 Å². The van der Waals surface area contributed by atoms with E-state index < -0.39 is 29.7 Å². The van der Waals surface area contributed by atoms with E-state index in [1.165, 1.54) is 28.3 Å². The van der Waals surface area contributed by atoms with Gasteiger partial charge in [0.05, 0.1) is 31.9 Å². The third-order valence-electron chi connectivity index (χ3n) is 5.80. The molecule has 2 aromatic heterocycles. The zero-order valence-corrected chi connectivity index (χ0v) is 18.9. The summed E-state index contributed by atoms with van der Waals surface area (Å²) in [6, 6.07) is 5.26. The first-order valence-electron chi connectivity index (χ1n) is 11.1. The van der Waals surface area contributed by atoms with Crippen LogP contribution in [0.3, 0.4) is 0 Å². The number of nitrogen functional groups attached to an aromatic ring is 1. The highest BCUT2D eigenvalue weighted by Gasteiger charge is 2.34. The molecule has 190 valence electrons. The van der Waals surface area contributed by atoms with E-state index in [9.17, 15) is 9.59 Å². The van der Waals surface area contributed by atoms with Crippen molar-refractivity contribution < 1.29 is 32.5 Å². The number of nitrogens with two attached hydrogens (primary N) is 1. The van der Waals surface area contributed by atoms with E-state index in [1.807, 2.05) is 0 Å². The van der Waals surface area contributed by atoms with E-state index in [4.69, 9.17) is 19.8 Å². The number of ether oxygens (including phenoxy) is 1. The summed E-state index contributed by atoms with van der Waals surface area (Å²) in [5.41, 5.74) is 6.06. The number of hydrogen-bond donors (Lipinski definition) is 3. The van der Waals surface area contributed by atoms with Gasteiger partial charge in [0.1, 0.15) is 23.7 Å². The molecule has 4 N–H and O–H groups in total. The summed E-state index contributed by atoms with van der Waals surface area (Å²) in [6.45, 7) is 0.704. The van der Waals surface area contributed by atoms with E-state index in [-0.39, 0.29) is 56.4 Å². The second-order valence-electron chi connectivity index (χ2n) is 8.21. The first-order valence-corrected chi connectivity index (χ1v) is 11.1. The van der Waals surface area contributed by atoms with Gasteiger partial charge in [-0.05, 0) is 6.07 Å². The molecule has 0 unspecified atom stereocenters. The van der Waals surface area contributed by atoms with E-state index in [2.05, 4.69) is 15.5 Å². The quantitative estimate of drug-likeness (QED) is 0.461. The van der Waals surface area contributed by atoms with Gasteiger partial charge in [-0.3, -0.25) is 14.5 Å². The first kappa shape index (κ1) is 23.4. The van der Waals surface area contributed by atoms with Gasteiger partial charge in [-0.1, -0.05) is 5.16 Å². The number of hydroxylamine groups is 2. The highest BCUT2D eigenvalue weighted by atomic mass is 19.1. The second kappa shape index (κ2) is 9.73. The lowest BCUT2D eigenvalue weighted by atomic mass is 10.2. The molecule has 14 heteroatoms. The first-order chi connectivity index (χ1) is 17.4. The number of nitrogens with one attached hydrogen (secondary N) is 2. The number of aromatic amines is 1. The molecule has 1 aromatic carbocycles. The highest BCUT2D eigenvalue weighted by Crippen LogP contribution is 2.31. The number of halogens is 2. The number of carbonyl (C=O) groups excluding carboxylic acids is 2. The van der Waals surface area contributed by atoms with Gasteiger partial charge in [0.25, 0.3) is 5.91 Å². The van der Waals surface area contributed by atoms with E-state index in [1.54, 1.807) is 6.07 Å². The molecule has 2 aliphatic rings. The molecule has 0 bridgehead atoms. The fourth-order valence-electron chi connectivity index (χ4n) is 4.07. The van der Waals surface area contributed by atoms with Gasteiger partial charge in [-0.15, -0.1) is 0 Å². The van der Waals surface area contributed by atoms with Gasteiger partial charge >= 0.3 is 6.09 Å². The predicted molar refractivity (Wildman–Crippen MR) is 123 cm³/mol. The van der Waals surface area contributed by atoms with Gasteiger partial charge in [0, 0.05) is 43.2 Å². The third kappa shape index (κ3) is 4.75. The minimum atomic E-state index is -0.848. The topological polar surface area (TPSA) is 142 Å². The van der Waals surface area contributed by atoms with Crippen molar-refractivity contribution in [3.05, 3.63) is 54.1 Å². The Kier molecular flexibility index (Phi) is 6.33. The SMILES string of the molecule is Nc1c[nH]c(C(=O)N2CCN(c3c(F)cc(N4C[C@H](CNc5ccon5)OC4=O)cc3F)CCO2)c1. The van der Waals surface area contributed by atoms with Crippen molar-refractivity contribution in [1.82, 2.24) is 15.2 Å². The Balaban J connectivity index is 1.25. The van der Waals surface area contributed by atoms with Gasteiger partial charge in [-0.2, -0.15) is 0 Å². The Hall–Kier alpha value is -4.33. The number of cyclic esters (lactones) is 1. The van der Waals surface area contributed by atoms with Gasteiger partial charge in [0.2, 0.25) is 0 Å². The number of rotatable bonds is 6. The van der Waals surface area contributed by atoms with Crippen LogP contribution < -0.4 is 20.9 Å². The molecular formula is C22H23F2N7O5. The molecule has 2 saturated heterocycles. The van der Waals surface area contributed by atoms with Gasteiger partial charge in [-0.25, -0.2) is 18.6 Å². The normalized spacial score (nSPS) is 18.3. The van der Waals surface area contributed by atoms with Crippen LogP contribution in [0.5, 0.6) is 0 Å². The molecule has 5 rings (SSSR count). The Morgan fingerprint density at radius 2 is 2.03 bits per heavy atom. The molecule has 2 amide bonds. The Morgan fingerprint density at radius 3 is 2.72 bits per heavy atom. The van der Waals surface area contributed by atoms with Crippen LogP contribution in [-0.4, -0.2) is 72.6 Å². The smallest absolute Gasteiger partial charge is 0.414 e. The number of anilines is 4. The summed E-state index contributed by atoms with van der Waals surface area (Å²) in [5.74, 6) is -1.66. The Bertz CT molecular complexity index is 1230. The molecular weight excluding hydrogens is 480 g/mol. The van der Waals surface area contributed by atoms with Crippen LogP contribution in [0.1, 0.15) is 10.5 Å². The van der Waals surface area contributed by atoms with Crippen molar-refractivity contribution in [3.63, 3.8) is 0 Å². The maximum absolute atomic E-state index is 15.1. The number of H-pyrrole nitrogens is 1. The largest absolute Gasteiger partial charge is 0.442 e. The summed E-state index contributed by atoms with van der Waals surface area (Å²) < 4.78 is 40.3. The number of amides is 2. The number of benzene rings is 1. The standard InChI is InChI=1S/C22H23F2N7O5/c23-16-8-14(30-12-15(36-22(30)33)11-27-19-1-5-34-28-19)9-17(24)20(16)29-2-3-31(35-6-4-29)21(32)18-7-13(25)10-26-18/h1,5,7-10,15,26H,2-4,6,11-12,25H2,(H,27,28)/t15-/m0/s1. The predicted octanol–water partition coefficient (Wildman–Crippen LogP) is 2.19. The monoisotopic (exact) mass is 503 g/mol. The zero-order valence-electron chi connectivity index (χ0n) is 18.9. The molecule has 2 fully saturated rings. The minimum Gasteiger partial charge on any atom is -0.442 e. The van der Waals surface area contributed by atoms with Crippen LogP contribution in [0.25, 0.3) is 0 Å². The fourth-order valence-corrected chi connectivity index (χ4v) is 4.07. The van der Waals surface area contributed by atoms with Crippen molar-refractivity contribution in [1.29, 1.82) is 0 Å². The maximum Gasteiger partial charge on any atom is 0.414 e. The number of nitrogens with zero attached hydrogens (tertiary/aromatic N) is 4. The molecule has 3 aromatic rings. The molecule has 0 spiro atoms.